The highest BCUT2D eigenvalue weighted by Crippen LogP contribution is 2.09. The first kappa shape index (κ1) is 21.8. The van der Waals surface area contributed by atoms with E-state index in [1.807, 2.05) is 12.1 Å². The zero-order valence-electron chi connectivity index (χ0n) is 16.4. The van der Waals surface area contributed by atoms with Crippen LogP contribution in [0.4, 0.5) is 4.39 Å². The third-order valence-electron chi connectivity index (χ3n) is 3.88. The molecule has 3 N–H and O–H groups in total. The maximum atomic E-state index is 13.7. The van der Waals surface area contributed by atoms with Crippen molar-refractivity contribution in [1.82, 2.24) is 15.4 Å². The van der Waals surface area contributed by atoms with Crippen LogP contribution in [0.1, 0.15) is 30.5 Å². The summed E-state index contributed by atoms with van der Waals surface area (Å²) in [6.45, 7) is 4.42. The van der Waals surface area contributed by atoms with Crippen LogP contribution in [0.2, 0.25) is 0 Å². The van der Waals surface area contributed by atoms with Crippen molar-refractivity contribution in [3.63, 3.8) is 0 Å². The van der Waals surface area contributed by atoms with Crippen LogP contribution in [-0.4, -0.2) is 27.5 Å². The lowest BCUT2D eigenvalue weighted by atomic mass is 10.1. The van der Waals surface area contributed by atoms with Crippen LogP contribution in [-0.2, 0) is 28.9 Å². The van der Waals surface area contributed by atoms with E-state index in [4.69, 9.17) is 0 Å². The second-order valence-corrected chi connectivity index (χ2v) is 8.47. The summed E-state index contributed by atoms with van der Waals surface area (Å²) in [6, 6.07) is 13.8. The molecule has 0 aliphatic heterocycles. The zero-order chi connectivity index (χ0) is 20.6. The van der Waals surface area contributed by atoms with E-state index in [0.29, 0.717) is 24.6 Å². The molecule has 0 spiro atoms. The molecule has 0 atom stereocenters. The number of nitrogens with one attached hydrogen (secondary N) is 3. The van der Waals surface area contributed by atoms with Gasteiger partial charge in [0.2, 0.25) is 10.0 Å². The lowest BCUT2D eigenvalue weighted by Crippen LogP contribution is -2.36. The first-order chi connectivity index (χ1) is 13.3. The van der Waals surface area contributed by atoms with E-state index >= 15 is 0 Å². The van der Waals surface area contributed by atoms with Gasteiger partial charge in [0.25, 0.3) is 0 Å². The van der Waals surface area contributed by atoms with Gasteiger partial charge in [-0.15, -0.1) is 0 Å². The fraction of sp³-hybridized carbons (Fsp3) is 0.350. The normalized spacial score (nSPS) is 12.2. The maximum absolute atomic E-state index is 13.7. The Labute approximate surface area is 166 Å². The molecule has 8 heteroatoms. The van der Waals surface area contributed by atoms with Gasteiger partial charge in [-0.3, -0.25) is 4.99 Å². The predicted molar refractivity (Wildman–Crippen MR) is 111 cm³/mol. The Balaban J connectivity index is 1.87. The van der Waals surface area contributed by atoms with Crippen molar-refractivity contribution < 1.29 is 12.8 Å². The summed E-state index contributed by atoms with van der Waals surface area (Å²) < 4.78 is 40.2. The van der Waals surface area contributed by atoms with Gasteiger partial charge in [0.15, 0.2) is 5.96 Å². The van der Waals surface area contributed by atoms with E-state index in [1.54, 1.807) is 51.2 Å². The number of hydrogen-bond donors (Lipinski definition) is 3. The van der Waals surface area contributed by atoms with Crippen LogP contribution in [0.3, 0.4) is 0 Å². The molecule has 0 unspecified atom stereocenters. The Kier molecular flexibility index (Phi) is 7.95. The van der Waals surface area contributed by atoms with Crippen LogP contribution in [0.5, 0.6) is 0 Å². The third kappa shape index (κ3) is 7.28. The minimum absolute atomic E-state index is 0.0508. The number of rotatable bonds is 8. The Bertz CT molecular complexity index is 897. The van der Waals surface area contributed by atoms with E-state index < -0.39 is 10.0 Å². The summed E-state index contributed by atoms with van der Waals surface area (Å²) in [4.78, 5) is 4.13. The molecule has 0 fully saturated rings. The van der Waals surface area contributed by atoms with Crippen molar-refractivity contribution in [2.45, 2.75) is 38.7 Å². The smallest absolute Gasteiger partial charge is 0.216 e. The van der Waals surface area contributed by atoms with Gasteiger partial charge in [-0.1, -0.05) is 42.5 Å². The number of sulfonamides is 1. The monoisotopic (exact) mass is 406 g/mol. The number of halogens is 1. The molecule has 0 amide bonds. The average molecular weight is 407 g/mol. The van der Waals surface area contributed by atoms with Gasteiger partial charge < -0.3 is 10.6 Å². The molecular formula is C20H27FN4O2S. The van der Waals surface area contributed by atoms with E-state index in [2.05, 4.69) is 20.3 Å². The van der Waals surface area contributed by atoms with Gasteiger partial charge in [-0.05, 0) is 31.0 Å². The lowest BCUT2D eigenvalue weighted by molar-refractivity contribution is 0.569. The number of hydrogen-bond acceptors (Lipinski definition) is 3. The molecule has 6 nitrogen and oxygen atoms in total. The number of aliphatic imine (C=N–C) groups is 1. The largest absolute Gasteiger partial charge is 0.352 e. The Morgan fingerprint density at radius 1 is 1.00 bits per heavy atom. The first-order valence-corrected chi connectivity index (χ1v) is 10.7. The summed E-state index contributed by atoms with van der Waals surface area (Å²) in [5, 5.41) is 6.22. The van der Waals surface area contributed by atoms with Crippen molar-refractivity contribution in [1.29, 1.82) is 0 Å². The van der Waals surface area contributed by atoms with Crippen LogP contribution >= 0.6 is 0 Å². The quantitative estimate of drug-likeness (QED) is 0.465. The van der Waals surface area contributed by atoms with Crippen molar-refractivity contribution in [3.8, 4) is 0 Å². The highest BCUT2D eigenvalue weighted by atomic mass is 32.2. The van der Waals surface area contributed by atoms with Gasteiger partial charge >= 0.3 is 0 Å². The molecule has 0 aromatic heterocycles. The Hall–Kier alpha value is -2.45. The van der Waals surface area contributed by atoms with Crippen LogP contribution < -0.4 is 15.4 Å². The van der Waals surface area contributed by atoms with E-state index in [-0.39, 0.29) is 17.6 Å². The molecule has 0 bridgehead atoms. The lowest BCUT2D eigenvalue weighted by Gasteiger charge is -2.13. The van der Waals surface area contributed by atoms with Crippen LogP contribution in [0.25, 0.3) is 0 Å². The minimum atomic E-state index is -3.34. The summed E-state index contributed by atoms with van der Waals surface area (Å²) in [5.41, 5.74) is 2.26. The third-order valence-corrected chi connectivity index (χ3v) is 5.43. The fourth-order valence-electron chi connectivity index (χ4n) is 2.60. The molecule has 0 aliphatic rings. The van der Waals surface area contributed by atoms with Gasteiger partial charge in [-0.2, -0.15) is 0 Å². The van der Waals surface area contributed by atoms with E-state index in [1.165, 1.54) is 6.07 Å². The Morgan fingerprint density at radius 2 is 1.61 bits per heavy atom. The minimum Gasteiger partial charge on any atom is -0.352 e. The molecule has 28 heavy (non-hydrogen) atoms. The highest BCUT2D eigenvalue weighted by molar-refractivity contribution is 7.88. The summed E-state index contributed by atoms with van der Waals surface area (Å²) in [5.74, 6) is 0.240. The molecule has 0 saturated carbocycles. The molecule has 0 radical (unpaired) electrons. The summed E-state index contributed by atoms with van der Waals surface area (Å²) >= 11 is 0. The number of benzene rings is 2. The van der Waals surface area contributed by atoms with Crippen LogP contribution in [0.15, 0.2) is 53.5 Å². The maximum Gasteiger partial charge on any atom is 0.216 e. The van der Waals surface area contributed by atoms with Gasteiger partial charge in [0, 0.05) is 31.7 Å². The van der Waals surface area contributed by atoms with Gasteiger partial charge in [0.05, 0.1) is 5.75 Å². The standard InChI is InChI=1S/C20H27FN4O2S/c1-15(2)25-28(26,27)14-17-10-8-16(9-11-17)12-23-20(22-3)24-13-18-6-4-5-7-19(18)21/h4-11,15,25H,12-14H2,1-3H3,(H2,22,23,24). The SMILES string of the molecule is CN=C(NCc1ccc(CS(=O)(=O)NC(C)C)cc1)NCc1ccccc1F. The molecule has 0 saturated heterocycles. The molecule has 152 valence electrons. The topological polar surface area (TPSA) is 82.6 Å². The molecule has 2 aromatic carbocycles. The molecule has 0 aliphatic carbocycles. The zero-order valence-corrected chi connectivity index (χ0v) is 17.2. The highest BCUT2D eigenvalue weighted by Gasteiger charge is 2.12. The molecule has 2 rings (SSSR count). The predicted octanol–water partition coefficient (Wildman–Crippen LogP) is 2.52. The number of nitrogens with zero attached hydrogens (tertiary/aromatic N) is 1. The second-order valence-electron chi connectivity index (χ2n) is 6.72. The summed E-state index contributed by atoms with van der Waals surface area (Å²) in [6.07, 6.45) is 0. The van der Waals surface area contributed by atoms with Crippen LogP contribution in [0, 0.1) is 5.82 Å². The van der Waals surface area contributed by atoms with Crippen molar-refractivity contribution in [3.05, 3.63) is 71.0 Å². The van der Waals surface area contributed by atoms with E-state index in [9.17, 15) is 12.8 Å². The van der Waals surface area contributed by atoms with E-state index in [0.717, 1.165) is 11.1 Å². The summed E-state index contributed by atoms with van der Waals surface area (Å²) in [7, 11) is -1.69. The molecular weight excluding hydrogens is 379 g/mol. The molecule has 2 aromatic rings. The second kappa shape index (κ2) is 10.2. The average Bonchev–Trinajstić information content (AvgIpc) is 2.63. The van der Waals surface area contributed by atoms with Gasteiger partial charge in [0.1, 0.15) is 5.82 Å². The Morgan fingerprint density at radius 3 is 2.21 bits per heavy atom. The van der Waals surface area contributed by atoms with Crippen molar-refractivity contribution in [2.24, 2.45) is 4.99 Å². The van der Waals surface area contributed by atoms with Gasteiger partial charge in [-0.25, -0.2) is 17.5 Å². The van der Waals surface area contributed by atoms with Crippen molar-refractivity contribution in [2.75, 3.05) is 7.05 Å². The number of guanidine groups is 1. The van der Waals surface area contributed by atoms with Crippen molar-refractivity contribution >= 4 is 16.0 Å². The first-order valence-electron chi connectivity index (χ1n) is 9.05. The fourth-order valence-corrected chi connectivity index (χ4v) is 4.03. The molecule has 0 heterocycles.